The van der Waals surface area contributed by atoms with Crippen LogP contribution >= 0.6 is 23.4 Å². The lowest BCUT2D eigenvalue weighted by Gasteiger charge is -2.44. The maximum atomic E-state index is 13.1. The third-order valence-corrected chi connectivity index (χ3v) is 6.99. The summed E-state index contributed by atoms with van der Waals surface area (Å²) in [5.74, 6) is 1.17. The molecule has 6 heteroatoms. The number of benzene rings is 1. The Morgan fingerprint density at radius 1 is 1.15 bits per heavy atom. The van der Waals surface area contributed by atoms with E-state index in [1.54, 1.807) is 12.1 Å². The highest BCUT2D eigenvalue weighted by molar-refractivity contribution is 8.00. The highest BCUT2D eigenvalue weighted by atomic mass is 35.5. The molecular weight excluding hydrogens is 368 g/mol. The summed E-state index contributed by atoms with van der Waals surface area (Å²) in [6.45, 7) is 8.45. The molecule has 142 valence electrons. The number of rotatable bonds is 2. The number of piperidine rings is 1. The Bertz CT molecular complexity index is 693. The van der Waals surface area contributed by atoms with Crippen LogP contribution in [0.1, 0.15) is 50.4 Å². The first-order chi connectivity index (χ1) is 12.2. The van der Waals surface area contributed by atoms with Crippen LogP contribution in [0.15, 0.2) is 24.3 Å². The first kappa shape index (κ1) is 19.6. The van der Waals surface area contributed by atoms with Crippen LogP contribution in [0.5, 0.6) is 0 Å². The maximum Gasteiger partial charge on any atom is 0.256 e. The Labute approximate surface area is 165 Å². The van der Waals surface area contributed by atoms with Crippen molar-refractivity contribution in [1.29, 1.82) is 0 Å². The van der Waals surface area contributed by atoms with Gasteiger partial charge in [-0.15, -0.1) is 11.8 Å². The lowest BCUT2D eigenvalue weighted by atomic mass is 9.91. The number of carbonyl (C=O) groups excluding carboxylic acids is 2. The number of amides is 2. The summed E-state index contributed by atoms with van der Waals surface area (Å²) in [6, 6.07) is 7.25. The standard InChI is InChI=1S/C20H27ClN2O2S/c1-19(2,3)14-17(24)22-10-8-20(9-11-22)23(12-13-26-20)18(25)15-6-4-5-7-16(15)21/h4-7H,8-14H2,1-3H3. The third-order valence-electron chi connectivity index (χ3n) is 5.11. The molecule has 0 aromatic heterocycles. The Balaban J connectivity index is 1.70. The van der Waals surface area contributed by atoms with Gasteiger partial charge in [-0.05, 0) is 30.4 Å². The van der Waals surface area contributed by atoms with Crippen molar-refractivity contribution in [3.63, 3.8) is 0 Å². The molecule has 1 spiro atoms. The van der Waals surface area contributed by atoms with Crippen LogP contribution < -0.4 is 0 Å². The molecule has 1 aromatic carbocycles. The summed E-state index contributed by atoms with van der Waals surface area (Å²) < 4.78 is 0. The number of nitrogens with zero attached hydrogens (tertiary/aromatic N) is 2. The molecule has 2 aliphatic rings. The molecule has 0 bridgehead atoms. The van der Waals surface area contributed by atoms with E-state index in [0.717, 1.165) is 25.1 Å². The Morgan fingerprint density at radius 2 is 1.81 bits per heavy atom. The molecule has 0 unspecified atom stereocenters. The first-order valence-corrected chi connectivity index (χ1v) is 10.6. The second-order valence-corrected chi connectivity index (χ2v) is 10.2. The van der Waals surface area contributed by atoms with Gasteiger partial charge in [0, 0.05) is 31.8 Å². The molecule has 0 aliphatic carbocycles. The van der Waals surface area contributed by atoms with Crippen LogP contribution in [-0.2, 0) is 4.79 Å². The van der Waals surface area contributed by atoms with E-state index in [-0.39, 0.29) is 22.1 Å². The Morgan fingerprint density at radius 3 is 2.42 bits per heavy atom. The van der Waals surface area contributed by atoms with Crippen LogP contribution in [0, 0.1) is 5.41 Å². The molecule has 0 atom stereocenters. The monoisotopic (exact) mass is 394 g/mol. The number of hydrogen-bond acceptors (Lipinski definition) is 3. The highest BCUT2D eigenvalue weighted by Crippen LogP contribution is 2.45. The second-order valence-electron chi connectivity index (χ2n) is 8.35. The first-order valence-electron chi connectivity index (χ1n) is 9.20. The van der Waals surface area contributed by atoms with Crippen LogP contribution in [-0.4, -0.2) is 51.9 Å². The van der Waals surface area contributed by atoms with Gasteiger partial charge in [0.15, 0.2) is 0 Å². The quantitative estimate of drug-likeness (QED) is 0.751. The average molecular weight is 395 g/mol. The van der Waals surface area contributed by atoms with Gasteiger partial charge in [0.05, 0.1) is 15.5 Å². The van der Waals surface area contributed by atoms with Gasteiger partial charge in [0.2, 0.25) is 5.91 Å². The van der Waals surface area contributed by atoms with E-state index in [0.29, 0.717) is 30.1 Å². The van der Waals surface area contributed by atoms with Gasteiger partial charge in [-0.3, -0.25) is 9.59 Å². The number of halogens is 1. The number of hydrogen-bond donors (Lipinski definition) is 0. The minimum Gasteiger partial charge on any atom is -0.342 e. The molecule has 4 nitrogen and oxygen atoms in total. The molecule has 2 heterocycles. The molecule has 0 N–H and O–H groups in total. The fourth-order valence-electron chi connectivity index (χ4n) is 3.76. The molecule has 26 heavy (non-hydrogen) atoms. The minimum atomic E-state index is -0.200. The van der Waals surface area contributed by atoms with Gasteiger partial charge in [0.25, 0.3) is 5.91 Å². The van der Waals surface area contributed by atoms with Crippen molar-refractivity contribution in [3.8, 4) is 0 Å². The lowest BCUT2D eigenvalue weighted by molar-refractivity contribution is -0.134. The Kier molecular flexibility index (Phi) is 5.59. The van der Waals surface area contributed by atoms with Crippen LogP contribution in [0.2, 0.25) is 5.02 Å². The summed E-state index contributed by atoms with van der Waals surface area (Å²) in [7, 11) is 0. The zero-order valence-corrected chi connectivity index (χ0v) is 17.3. The van der Waals surface area contributed by atoms with E-state index >= 15 is 0 Å². The minimum absolute atomic E-state index is 0.000383. The molecule has 2 saturated heterocycles. The van der Waals surface area contributed by atoms with Crippen molar-refractivity contribution in [1.82, 2.24) is 9.80 Å². The van der Waals surface area contributed by atoms with Crippen molar-refractivity contribution in [2.24, 2.45) is 5.41 Å². The lowest BCUT2D eigenvalue weighted by Crippen LogP contribution is -2.53. The predicted octanol–water partition coefficient (Wildman–Crippen LogP) is 4.28. The smallest absolute Gasteiger partial charge is 0.256 e. The topological polar surface area (TPSA) is 40.6 Å². The molecule has 1 aromatic rings. The fraction of sp³-hybridized carbons (Fsp3) is 0.600. The number of thioether (sulfide) groups is 1. The van der Waals surface area contributed by atoms with Crippen molar-refractivity contribution in [2.75, 3.05) is 25.4 Å². The van der Waals surface area contributed by atoms with E-state index in [2.05, 4.69) is 20.8 Å². The summed E-state index contributed by atoms with van der Waals surface area (Å²) in [5, 5.41) is 0.502. The molecule has 2 amide bonds. The highest BCUT2D eigenvalue weighted by Gasteiger charge is 2.47. The zero-order chi connectivity index (χ0) is 18.9. The summed E-state index contributed by atoms with van der Waals surface area (Å²) in [5.41, 5.74) is 0.572. The van der Waals surface area contributed by atoms with Gasteiger partial charge in [0.1, 0.15) is 0 Å². The predicted molar refractivity (Wildman–Crippen MR) is 108 cm³/mol. The number of likely N-dealkylation sites (tertiary alicyclic amines) is 1. The summed E-state index contributed by atoms with van der Waals surface area (Å²) >= 11 is 8.10. The molecule has 0 radical (unpaired) electrons. The maximum absolute atomic E-state index is 13.1. The third kappa shape index (κ3) is 4.04. The van der Waals surface area contributed by atoms with Crippen LogP contribution in [0.3, 0.4) is 0 Å². The number of carbonyl (C=O) groups is 2. The molecule has 0 saturated carbocycles. The SMILES string of the molecule is CC(C)(C)CC(=O)N1CCC2(CC1)SCCN2C(=O)c1ccccc1Cl. The second kappa shape index (κ2) is 7.43. The van der Waals surface area contributed by atoms with Crippen LogP contribution in [0.25, 0.3) is 0 Å². The molecule has 2 fully saturated rings. The molecule has 3 rings (SSSR count). The van der Waals surface area contributed by atoms with E-state index in [4.69, 9.17) is 11.6 Å². The van der Waals surface area contributed by atoms with Gasteiger partial charge in [-0.2, -0.15) is 0 Å². The summed E-state index contributed by atoms with van der Waals surface area (Å²) in [4.78, 5) is 29.4. The van der Waals surface area contributed by atoms with E-state index in [9.17, 15) is 9.59 Å². The van der Waals surface area contributed by atoms with Crippen molar-refractivity contribution in [2.45, 2.75) is 44.9 Å². The van der Waals surface area contributed by atoms with Crippen molar-refractivity contribution in [3.05, 3.63) is 34.9 Å². The average Bonchev–Trinajstić information content (AvgIpc) is 2.97. The largest absolute Gasteiger partial charge is 0.342 e. The molecule has 2 aliphatic heterocycles. The summed E-state index contributed by atoms with van der Waals surface area (Å²) in [6.07, 6.45) is 2.21. The van der Waals surface area contributed by atoms with Gasteiger partial charge < -0.3 is 9.80 Å². The molecular formula is C20H27ClN2O2S. The van der Waals surface area contributed by atoms with E-state index < -0.39 is 0 Å². The van der Waals surface area contributed by atoms with E-state index in [1.807, 2.05) is 33.7 Å². The zero-order valence-electron chi connectivity index (χ0n) is 15.8. The van der Waals surface area contributed by atoms with Gasteiger partial charge >= 0.3 is 0 Å². The normalized spacial score (nSPS) is 19.8. The van der Waals surface area contributed by atoms with Crippen LogP contribution in [0.4, 0.5) is 0 Å². The van der Waals surface area contributed by atoms with Gasteiger partial charge in [-0.1, -0.05) is 44.5 Å². The van der Waals surface area contributed by atoms with E-state index in [1.165, 1.54) is 0 Å². The Hall–Kier alpha value is -1.20. The van der Waals surface area contributed by atoms with Gasteiger partial charge in [-0.25, -0.2) is 0 Å². The fourth-order valence-corrected chi connectivity index (χ4v) is 5.43. The van der Waals surface area contributed by atoms with Crippen molar-refractivity contribution < 1.29 is 9.59 Å². The van der Waals surface area contributed by atoms with Crippen molar-refractivity contribution >= 4 is 35.2 Å².